The number of amides is 2. The van der Waals surface area contributed by atoms with E-state index < -0.39 is 11.9 Å². The van der Waals surface area contributed by atoms with E-state index in [-0.39, 0.29) is 24.1 Å². The van der Waals surface area contributed by atoms with Gasteiger partial charge in [-0.25, -0.2) is 4.79 Å². The molecule has 0 radical (unpaired) electrons. The summed E-state index contributed by atoms with van der Waals surface area (Å²) in [6, 6.07) is 10.0. The fourth-order valence-electron chi connectivity index (χ4n) is 4.82. The first-order valence-corrected chi connectivity index (χ1v) is 10.8. The maximum atomic E-state index is 12.9. The van der Waals surface area contributed by atoms with Crippen molar-refractivity contribution in [2.75, 3.05) is 7.11 Å². The Morgan fingerprint density at radius 1 is 1.09 bits per heavy atom. The number of nitrogens with zero attached hydrogens (tertiary/aromatic N) is 1. The zero-order valence-corrected chi connectivity index (χ0v) is 18.3. The number of carbonyl (C=O) groups excluding carboxylic acids is 4. The number of carbonyl (C=O) groups is 4. The topological polar surface area (TPSA) is 106 Å². The number of imide groups is 1. The van der Waals surface area contributed by atoms with Crippen LogP contribution in [0.3, 0.4) is 0 Å². The van der Waals surface area contributed by atoms with Crippen molar-refractivity contribution in [3.8, 4) is 0 Å². The molecule has 0 saturated heterocycles. The minimum Gasteiger partial charge on any atom is -0.466 e. The van der Waals surface area contributed by atoms with Crippen LogP contribution in [0, 0.1) is 0 Å². The van der Waals surface area contributed by atoms with Gasteiger partial charge in [0.15, 0.2) is 5.78 Å². The Balaban J connectivity index is 1.50. The maximum Gasteiger partial charge on any atom is 0.336 e. The summed E-state index contributed by atoms with van der Waals surface area (Å²) in [5.41, 5.74) is 2.95. The minimum atomic E-state index is -0.711. The number of nitrogens with one attached hydrogen (secondary N) is 1. The van der Waals surface area contributed by atoms with Crippen LogP contribution in [0.1, 0.15) is 64.3 Å². The summed E-state index contributed by atoms with van der Waals surface area (Å²) in [5.74, 6) is -1.29. The Labute approximate surface area is 189 Å². The van der Waals surface area contributed by atoms with Gasteiger partial charge in [0, 0.05) is 23.4 Å². The van der Waals surface area contributed by atoms with Gasteiger partial charge in [-0.2, -0.15) is 0 Å². The van der Waals surface area contributed by atoms with Crippen molar-refractivity contribution in [1.29, 1.82) is 0 Å². The van der Waals surface area contributed by atoms with Gasteiger partial charge in [-0.15, -0.1) is 0 Å². The average Bonchev–Trinajstić information content (AvgIpc) is 3.37. The number of ketones is 1. The fraction of sp³-hybridized carbons (Fsp3) is 0.280. The van der Waals surface area contributed by atoms with Crippen molar-refractivity contribution in [2.45, 2.75) is 38.6 Å². The standard InChI is InChI=1S/C25H22N2O6/c1-13-20(25(31)32-2)22(21-17(26-13)8-5-9-18(21)28)19-11-10-14(33-19)12-27-23(29)15-6-3-4-7-16(15)24(27)30/h3-4,6-7,10-11,22,26H,5,8-9,12H2,1-2H3/t22-/m1/s1. The predicted octanol–water partition coefficient (Wildman–Crippen LogP) is 3.22. The van der Waals surface area contributed by atoms with Crippen molar-refractivity contribution in [1.82, 2.24) is 10.2 Å². The molecule has 3 aliphatic rings. The maximum absolute atomic E-state index is 12.9. The Kier molecular flexibility index (Phi) is 5.00. The molecule has 2 aromatic rings. The average molecular weight is 446 g/mol. The highest BCUT2D eigenvalue weighted by molar-refractivity contribution is 6.21. The molecule has 0 fully saturated rings. The molecule has 168 valence electrons. The SMILES string of the molecule is COC(=O)C1=C(C)NC2=C(C(=O)CCC2)[C@@H]1c1ccc(CN2C(=O)c3ccccc3C2=O)o1. The van der Waals surface area contributed by atoms with E-state index >= 15 is 0 Å². The molecule has 1 aromatic heterocycles. The number of rotatable bonds is 4. The third kappa shape index (κ3) is 3.29. The predicted molar refractivity (Wildman–Crippen MR) is 116 cm³/mol. The largest absolute Gasteiger partial charge is 0.466 e. The molecular weight excluding hydrogens is 424 g/mol. The second-order valence-corrected chi connectivity index (χ2v) is 8.30. The Hall–Kier alpha value is -3.94. The van der Waals surface area contributed by atoms with E-state index in [1.165, 1.54) is 7.11 Å². The lowest BCUT2D eigenvalue weighted by molar-refractivity contribution is -0.136. The van der Waals surface area contributed by atoms with Crippen LogP contribution in [0.2, 0.25) is 0 Å². The van der Waals surface area contributed by atoms with Gasteiger partial charge >= 0.3 is 5.97 Å². The van der Waals surface area contributed by atoms with Crippen LogP contribution in [0.4, 0.5) is 0 Å². The molecule has 2 aliphatic heterocycles. The van der Waals surface area contributed by atoms with E-state index in [0.29, 0.717) is 52.3 Å². The van der Waals surface area contributed by atoms with Gasteiger partial charge < -0.3 is 14.5 Å². The van der Waals surface area contributed by atoms with Crippen LogP contribution in [0.25, 0.3) is 0 Å². The van der Waals surface area contributed by atoms with E-state index in [1.807, 2.05) is 0 Å². The van der Waals surface area contributed by atoms with Gasteiger partial charge in [0.05, 0.1) is 36.3 Å². The molecular formula is C25H22N2O6. The zero-order chi connectivity index (χ0) is 23.3. The molecule has 0 bridgehead atoms. The molecule has 33 heavy (non-hydrogen) atoms. The van der Waals surface area contributed by atoms with E-state index in [1.54, 1.807) is 43.3 Å². The van der Waals surface area contributed by atoms with Crippen molar-refractivity contribution in [3.63, 3.8) is 0 Å². The van der Waals surface area contributed by atoms with E-state index in [2.05, 4.69) is 5.32 Å². The lowest BCUT2D eigenvalue weighted by Crippen LogP contribution is -2.34. The van der Waals surface area contributed by atoms with Crippen LogP contribution < -0.4 is 5.32 Å². The van der Waals surface area contributed by atoms with Gasteiger partial charge in [-0.1, -0.05) is 12.1 Å². The summed E-state index contributed by atoms with van der Waals surface area (Å²) in [4.78, 5) is 52.1. The molecule has 1 aromatic carbocycles. The number of benzene rings is 1. The molecule has 5 rings (SSSR count). The Bertz CT molecular complexity index is 1250. The molecule has 8 nitrogen and oxygen atoms in total. The van der Waals surface area contributed by atoms with Crippen LogP contribution in [0.15, 0.2) is 63.4 Å². The van der Waals surface area contributed by atoms with Crippen LogP contribution in [-0.2, 0) is 20.9 Å². The summed E-state index contributed by atoms with van der Waals surface area (Å²) in [5, 5.41) is 3.20. The quantitative estimate of drug-likeness (QED) is 0.568. The number of esters is 1. The van der Waals surface area contributed by atoms with Gasteiger partial charge in [0.1, 0.15) is 11.5 Å². The molecule has 0 unspecified atom stereocenters. The first kappa shape index (κ1) is 20.9. The van der Waals surface area contributed by atoms with Crippen molar-refractivity contribution >= 4 is 23.6 Å². The smallest absolute Gasteiger partial charge is 0.336 e. The minimum absolute atomic E-state index is 0.0408. The van der Waals surface area contributed by atoms with Crippen LogP contribution >= 0.6 is 0 Å². The molecule has 0 saturated carbocycles. The van der Waals surface area contributed by atoms with E-state index in [4.69, 9.17) is 9.15 Å². The van der Waals surface area contributed by atoms with Gasteiger partial charge in [0.2, 0.25) is 0 Å². The number of hydrogen-bond acceptors (Lipinski definition) is 7. The highest BCUT2D eigenvalue weighted by Gasteiger charge is 2.41. The molecule has 8 heteroatoms. The first-order valence-electron chi connectivity index (χ1n) is 10.8. The summed E-state index contributed by atoms with van der Waals surface area (Å²) >= 11 is 0. The van der Waals surface area contributed by atoms with Crippen LogP contribution in [0.5, 0.6) is 0 Å². The molecule has 3 heterocycles. The van der Waals surface area contributed by atoms with Gasteiger partial charge in [-0.05, 0) is 44.0 Å². The lowest BCUT2D eigenvalue weighted by Gasteiger charge is -2.32. The van der Waals surface area contributed by atoms with E-state index in [0.717, 1.165) is 17.0 Å². The number of allylic oxidation sites excluding steroid dienone is 3. The second-order valence-electron chi connectivity index (χ2n) is 8.30. The number of hydrogen-bond donors (Lipinski definition) is 1. The number of methoxy groups -OCH3 is 1. The number of ether oxygens (including phenoxy) is 1. The second kappa shape index (κ2) is 7.88. The first-order chi connectivity index (χ1) is 15.9. The highest BCUT2D eigenvalue weighted by atomic mass is 16.5. The number of Topliss-reactive ketones (excluding diaryl/α,β-unsaturated/α-hetero) is 1. The number of fused-ring (bicyclic) bond motifs is 1. The van der Waals surface area contributed by atoms with Crippen LogP contribution in [-0.4, -0.2) is 35.6 Å². The van der Waals surface area contributed by atoms with Crippen molar-refractivity contribution < 1.29 is 28.3 Å². The summed E-state index contributed by atoms with van der Waals surface area (Å²) in [7, 11) is 1.29. The van der Waals surface area contributed by atoms with Gasteiger partial charge in [0.25, 0.3) is 11.8 Å². The summed E-state index contributed by atoms with van der Waals surface area (Å²) in [6.07, 6.45) is 1.83. The molecule has 1 aliphatic carbocycles. The number of dihydropyridines is 1. The van der Waals surface area contributed by atoms with E-state index in [9.17, 15) is 19.2 Å². The van der Waals surface area contributed by atoms with Crippen molar-refractivity contribution in [3.05, 3.63) is 81.6 Å². The third-order valence-corrected chi connectivity index (χ3v) is 6.34. The number of furan rings is 1. The van der Waals surface area contributed by atoms with Crippen molar-refractivity contribution in [2.24, 2.45) is 0 Å². The highest BCUT2D eigenvalue weighted by Crippen LogP contribution is 2.43. The lowest BCUT2D eigenvalue weighted by atomic mass is 9.77. The Morgan fingerprint density at radius 2 is 1.79 bits per heavy atom. The monoisotopic (exact) mass is 446 g/mol. The van der Waals surface area contributed by atoms with Gasteiger partial charge in [-0.3, -0.25) is 19.3 Å². The fourth-order valence-corrected chi connectivity index (χ4v) is 4.82. The third-order valence-electron chi connectivity index (χ3n) is 6.34. The normalized spacial score (nSPS) is 20.1. The summed E-state index contributed by atoms with van der Waals surface area (Å²) in [6.45, 7) is 1.72. The molecule has 2 amide bonds. The molecule has 1 N–H and O–H groups in total. The molecule has 0 spiro atoms. The zero-order valence-electron chi connectivity index (χ0n) is 18.3. The molecule has 1 atom stereocenters. The Morgan fingerprint density at radius 3 is 2.45 bits per heavy atom. The summed E-state index contributed by atoms with van der Waals surface area (Å²) < 4.78 is 11.0.